The number of imidazole rings is 1. The van der Waals surface area contributed by atoms with Crippen LogP contribution in [-0.2, 0) is 13.6 Å². The Morgan fingerprint density at radius 3 is 2.58 bits per heavy atom. The van der Waals surface area contributed by atoms with Crippen molar-refractivity contribution in [2.24, 2.45) is 7.05 Å². The number of para-hydroxylation sites is 1. The maximum atomic E-state index is 12.7. The number of ether oxygens (including phenoxy) is 1. The molecule has 1 saturated heterocycles. The molecule has 0 radical (unpaired) electrons. The monoisotopic (exact) mass is 428 g/mol. The molecule has 10 nitrogen and oxygen atoms in total. The first kappa shape index (κ1) is 21.1. The molecule has 3 aromatic rings. The molecule has 166 valence electrons. The highest BCUT2D eigenvalue weighted by Gasteiger charge is 2.25. The van der Waals surface area contributed by atoms with Crippen LogP contribution in [0.2, 0.25) is 0 Å². The van der Waals surface area contributed by atoms with Crippen molar-refractivity contribution >= 4 is 17.1 Å². The fraction of sp³-hybridized carbons (Fsp3) is 0.476. The van der Waals surface area contributed by atoms with Gasteiger partial charge in [-0.3, -0.25) is 14.3 Å². The third-order valence-electron chi connectivity index (χ3n) is 5.69. The molecule has 1 aromatic carbocycles. The highest BCUT2D eigenvalue weighted by Crippen LogP contribution is 2.22. The molecule has 1 fully saturated rings. The zero-order valence-electron chi connectivity index (χ0n) is 18.0. The number of aliphatic hydroxyl groups is 1. The number of hydrogen-bond acceptors (Lipinski definition) is 7. The minimum atomic E-state index is -0.875. The van der Waals surface area contributed by atoms with E-state index >= 15 is 0 Å². The number of piperazine rings is 1. The van der Waals surface area contributed by atoms with Crippen molar-refractivity contribution in [1.82, 2.24) is 24.0 Å². The summed E-state index contributed by atoms with van der Waals surface area (Å²) in [6.07, 6.45) is -0.875. The zero-order valence-corrected chi connectivity index (χ0v) is 18.0. The maximum Gasteiger partial charge on any atom is 0.329 e. The normalized spacial score (nSPS) is 16.1. The van der Waals surface area contributed by atoms with Crippen LogP contribution in [0.15, 0.2) is 33.9 Å². The highest BCUT2D eigenvalue weighted by molar-refractivity contribution is 5.74. The molecule has 1 unspecified atom stereocenters. The van der Waals surface area contributed by atoms with Crippen molar-refractivity contribution in [2.45, 2.75) is 19.6 Å². The predicted molar refractivity (Wildman–Crippen MR) is 118 cm³/mol. The summed E-state index contributed by atoms with van der Waals surface area (Å²) < 4.78 is 8.81. The van der Waals surface area contributed by atoms with E-state index in [1.807, 2.05) is 31.2 Å². The summed E-state index contributed by atoms with van der Waals surface area (Å²) in [5.41, 5.74) is 0.515. The van der Waals surface area contributed by atoms with Gasteiger partial charge in [-0.05, 0) is 25.6 Å². The minimum absolute atomic E-state index is 0.0658. The number of hydrogen-bond donors (Lipinski definition) is 2. The van der Waals surface area contributed by atoms with Gasteiger partial charge in [-0.15, -0.1) is 0 Å². The molecule has 2 N–H and O–H groups in total. The van der Waals surface area contributed by atoms with Gasteiger partial charge in [0.25, 0.3) is 5.56 Å². The number of aromatic nitrogens is 4. The average Bonchev–Trinajstić information content (AvgIpc) is 3.12. The summed E-state index contributed by atoms with van der Waals surface area (Å²) in [6, 6.07) is 7.60. The van der Waals surface area contributed by atoms with Gasteiger partial charge in [0.2, 0.25) is 5.95 Å². The van der Waals surface area contributed by atoms with E-state index in [9.17, 15) is 14.7 Å². The number of likely N-dealkylation sites (N-methyl/N-ethyl adjacent to an activating group) is 1. The van der Waals surface area contributed by atoms with E-state index in [1.165, 1.54) is 4.57 Å². The fourth-order valence-corrected chi connectivity index (χ4v) is 3.81. The van der Waals surface area contributed by atoms with Gasteiger partial charge in [-0.2, -0.15) is 4.98 Å². The number of rotatable bonds is 6. The third kappa shape index (κ3) is 4.21. The van der Waals surface area contributed by atoms with Crippen molar-refractivity contribution in [3.8, 4) is 5.75 Å². The van der Waals surface area contributed by atoms with Crippen LogP contribution in [0.25, 0.3) is 11.2 Å². The molecular weight excluding hydrogens is 400 g/mol. The Kier molecular flexibility index (Phi) is 5.84. The molecular formula is C21H28N6O4. The first-order valence-corrected chi connectivity index (χ1v) is 10.3. The molecule has 1 atom stereocenters. The number of H-pyrrole nitrogens is 1. The van der Waals surface area contributed by atoms with Crippen LogP contribution < -0.4 is 20.9 Å². The molecule has 0 bridgehead atoms. The van der Waals surface area contributed by atoms with Crippen LogP contribution in [0.5, 0.6) is 5.75 Å². The number of benzene rings is 1. The van der Waals surface area contributed by atoms with Gasteiger partial charge in [-0.25, -0.2) is 4.79 Å². The Morgan fingerprint density at radius 1 is 1.16 bits per heavy atom. The Balaban J connectivity index is 1.67. The summed E-state index contributed by atoms with van der Waals surface area (Å²) in [5.74, 6) is 1.28. The summed E-state index contributed by atoms with van der Waals surface area (Å²) in [5, 5.41) is 10.7. The Bertz CT molecular complexity index is 1190. The SMILES string of the molecule is Cc1ccccc1OCC(O)Cn1c(N2CCN(C)CC2)nc2c1c(=O)[nH]c(=O)n2C. The lowest BCUT2D eigenvalue weighted by molar-refractivity contribution is 0.0932. The number of nitrogens with one attached hydrogen (secondary N) is 1. The number of anilines is 1. The molecule has 1 aliphatic rings. The lowest BCUT2D eigenvalue weighted by atomic mass is 10.2. The number of nitrogens with zero attached hydrogens (tertiary/aromatic N) is 5. The van der Waals surface area contributed by atoms with E-state index in [-0.39, 0.29) is 18.7 Å². The number of aliphatic hydroxyl groups excluding tert-OH is 1. The van der Waals surface area contributed by atoms with Gasteiger partial charge in [0.15, 0.2) is 11.2 Å². The molecule has 0 aliphatic carbocycles. The summed E-state index contributed by atoms with van der Waals surface area (Å²) in [6.45, 7) is 5.32. The Labute approximate surface area is 179 Å². The molecule has 0 spiro atoms. The summed E-state index contributed by atoms with van der Waals surface area (Å²) >= 11 is 0. The summed E-state index contributed by atoms with van der Waals surface area (Å²) in [4.78, 5) is 36.0. The standard InChI is InChI=1S/C21H28N6O4/c1-14-6-4-5-7-16(14)31-13-15(28)12-27-17-18(25(3)21(30)23-19(17)29)22-20(27)26-10-8-24(2)9-11-26/h4-7,15,28H,8-13H2,1-3H3,(H,23,29,30). The van der Waals surface area contributed by atoms with Crippen molar-refractivity contribution < 1.29 is 9.84 Å². The minimum Gasteiger partial charge on any atom is -0.491 e. The molecule has 0 saturated carbocycles. The lowest BCUT2D eigenvalue weighted by Gasteiger charge is -2.33. The van der Waals surface area contributed by atoms with Crippen LogP contribution in [0.3, 0.4) is 0 Å². The molecule has 10 heteroatoms. The zero-order chi connectivity index (χ0) is 22.1. The van der Waals surface area contributed by atoms with Gasteiger partial charge in [-0.1, -0.05) is 18.2 Å². The number of fused-ring (bicyclic) bond motifs is 1. The Morgan fingerprint density at radius 2 is 1.87 bits per heavy atom. The van der Waals surface area contributed by atoms with E-state index in [0.717, 1.165) is 31.7 Å². The second-order valence-corrected chi connectivity index (χ2v) is 8.03. The Hall–Kier alpha value is -3.11. The van der Waals surface area contributed by atoms with E-state index in [4.69, 9.17) is 4.74 Å². The number of aryl methyl sites for hydroxylation is 2. The van der Waals surface area contributed by atoms with Gasteiger partial charge in [0.1, 0.15) is 18.5 Å². The van der Waals surface area contributed by atoms with Gasteiger partial charge < -0.3 is 24.2 Å². The van der Waals surface area contributed by atoms with Gasteiger partial charge in [0, 0.05) is 33.2 Å². The molecule has 3 heterocycles. The quantitative estimate of drug-likeness (QED) is 0.565. The van der Waals surface area contributed by atoms with Crippen LogP contribution in [0.4, 0.5) is 5.95 Å². The first-order chi connectivity index (χ1) is 14.8. The van der Waals surface area contributed by atoms with Crippen molar-refractivity contribution in [2.75, 3.05) is 44.7 Å². The highest BCUT2D eigenvalue weighted by atomic mass is 16.5. The van der Waals surface area contributed by atoms with Crippen LogP contribution in [0.1, 0.15) is 5.56 Å². The van der Waals surface area contributed by atoms with Crippen LogP contribution in [0, 0.1) is 6.92 Å². The van der Waals surface area contributed by atoms with Crippen molar-refractivity contribution in [3.05, 3.63) is 50.7 Å². The van der Waals surface area contributed by atoms with Crippen LogP contribution in [-0.4, -0.2) is 75.0 Å². The smallest absolute Gasteiger partial charge is 0.329 e. The van der Waals surface area contributed by atoms with Crippen LogP contribution >= 0.6 is 0 Å². The lowest BCUT2D eigenvalue weighted by Crippen LogP contribution is -2.45. The number of aromatic amines is 1. The largest absolute Gasteiger partial charge is 0.491 e. The molecule has 0 amide bonds. The molecule has 4 rings (SSSR count). The van der Waals surface area contributed by atoms with Gasteiger partial charge in [0.05, 0.1) is 6.54 Å². The van der Waals surface area contributed by atoms with Crippen molar-refractivity contribution in [1.29, 1.82) is 0 Å². The van der Waals surface area contributed by atoms with Gasteiger partial charge >= 0.3 is 5.69 Å². The fourth-order valence-electron chi connectivity index (χ4n) is 3.81. The average molecular weight is 428 g/mol. The maximum absolute atomic E-state index is 12.7. The second-order valence-electron chi connectivity index (χ2n) is 8.03. The van der Waals surface area contributed by atoms with Crippen molar-refractivity contribution in [3.63, 3.8) is 0 Å². The molecule has 1 aliphatic heterocycles. The molecule has 31 heavy (non-hydrogen) atoms. The molecule has 2 aromatic heterocycles. The van der Waals surface area contributed by atoms with E-state index in [2.05, 4.69) is 26.8 Å². The topological polar surface area (TPSA) is 109 Å². The van der Waals surface area contributed by atoms with E-state index in [0.29, 0.717) is 17.3 Å². The second kappa shape index (κ2) is 8.56. The first-order valence-electron chi connectivity index (χ1n) is 10.3. The summed E-state index contributed by atoms with van der Waals surface area (Å²) in [7, 11) is 3.63. The predicted octanol–water partition coefficient (Wildman–Crippen LogP) is -0.0766. The van der Waals surface area contributed by atoms with E-state index < -0.39 is 17.4 Å². The van der Waals surface area contributed by atoms with E-state index in [1.54, 1.807) is 11.6 Å². The third-order valence-corrected chi connectivity index (χ3v) is 5.69.